The molecule has 1 N–H and O–H groups in total. The molecule has 1 aliphatic carbocycles. The van der Waals surface area contributed by atoms with Crippen LogP contribution < -0.4 is 0 Å². The summed E-state index contributed by atoms with van der Waals surface area (Å²) in [6.07, 6.45) is 3.72. The predicted molar refractivity (Wildman–Crippen MR) is 71.6 cm³/mol. The van der Waals surface area contributed by atoms with E-state index in [1.807, 2.05) is 0 Å². The Kier molecular flexibility index (Phi) is 4.55. The van der Waals surface area contributed by atoms with E-state index in [4.69, 9.17) is 9.47 Å². The molecule has 1 saturated carbocycles. The van der Waals surface area contributed by atoms with Crippen LogP contribution in [0.25, 0.3) is 0 Å². The van der Waals surface area contributed by atoms with Crippen molar-refractivity contribution in [3.63, 3.8) is 0 Å². The molecule has 0 aromatic heterocycles. The molecule has 2 aliphatic rings. The number of sulfone groups is 1. The van der Waals surface area contributed by atoms with Crippen LogP contribution in [-0.4, -0.2) is 49.6 Å². The Morgan fingerprint density at radius 2 is 1.68 bits per heavy atom. The highest BCUT2D eigenvalue weighted by Gasteiger charge is 2.45. The second-order valence-corrected chi connectivity index (χ2v) is 8.14. The lowest BCUT2D eigenvalue weighted by molar-refractivity contribution is -0.203. The van der Waals surface area contributed by atoms with E-state index in [2.05, 4.69) is 0 Å². The molecule has 0 aromatic carbocycles. The SMILES string of the molecule is CCS(=O)(=O)CCCC1(O)CCC2(CC1)OCCO2. The summed E-state index contributed by atoms with van der Waals surface area (Å²) in [6.45, 7) is 2.92. The molecule has 1 spiro atoms. The van der Waals surface area contributed by atoms with Gasteiger partial charge in [0.25, 0.3) is 0 Å². The second-order valence-electron chi connectivity index (χ2n) is 5.67. The smallest absolute Gasteiger partial charge is 0.168 e. The maximum Gasteiger partial charge on any atom is 0.168 e. The first-order chi connectivity index (χ1) is 8.89. The highest BCUT2D eigenvalue weighted by atomic mass is 32.2. The lowest BCUT2D eigenvalue weighted by atomic mass is 9.79. The average Bonchev–Trinajstić information content (AvgIpc) is 2.83. The van der Waals surface area contributed by atoms with Gasteiger partial charge in [0, 0.05) is 18.6 Å². The van der Waals surface area contributed by atoms with E-state index in [9.17, 15) is 13.5 Å². The van der Waals surface area contributed by atoms with Crippen LogP contribution in [0.15, 0.2) is 0 Å². The average molecular weight is 292 g/mol. The van der Waals surface area contributed by atoms with Gasteiger partial charge in [-0.25, -0.2) is 8.42 Å². The topological polar surface area (TPSA) is 72.8 Å². The summed E-state index contributed by atoms with van der Waals surface area (Å²) in [5.74, 6) is -0.123. The number of aliphatic hydroxyl groups is 1. The quantitative estimate of drug-likeness (QED) is 0.825. The van der Waals surface area contributed by atoms with Gasteiger partial charge in [0.15, 0.2) is 5.79 Å². The van der Waals surface area contributed by atoms with Crippen LogP contribution >= 0.6 is 0 Å². The molecule has 1 saturated heterocycles. The van der Waals surface area contributed by atoms with Crippen molar-refractivity contribution in [2.75, 3.05) is 24.7 Å². The molecular formula is C13H24O5S. The second kappa shape index (κ2) is 5.68. The largest absolute Gasteiger partial charge is 0.390 e. The number of ether oxygens (including phenoxy) is 2. The van der Waals surface area contributed by atoms with Crippen LogP contribution in [0.4, 0.5) is 0 Å². The minimum Gasteiger partial charge on any atom is -0.390 e. The van der Waals surface area contributed by atoms with Crippen LogP contribution in [0.2, 0.25) is 0 Å². The number of rotatable bonds is 5. The Bertz CT molecular complexity index is 387. The molecule has 0 aromatic rings. The summed E-state index contributed by atoms with van der Waals surface area (Å²) in [4.78, 5) is 0. The maximum absolute atomic E-state index is 11.4. The van der Waals surface area contributed by atoms with Crippen LogP contribution in [-0.2, 0) is 19.3 Å². The fraction of sp³-hybridized carbons (Fsp3) is 1.00. The van der Waals surface area contributed by atoms with Gasteiger partial charge in [-0.1, -0.05) is 6.92 Å². The monoisotopic (exact) mass is 292 g/mol. The van der Waals surface area contributed by atoms with E-state index >= 15 is 0 Å². The molecule has 0 bridgehead atoms. The molecular weight excluding hydrogens is 268 g/mol. The van der Waals surface area contributed by atoms with Crippen molar-refractivity contribution < 1.29 is 23.0 Å². The zero-order chi connectivity index (χ0) is 14.0. The zero-order valence-corrected chi connectivity index (χ0v) is 12.4. The Hall–Kier alpha value is -0.170. The molecule has 0 unspecified atom stereocenters. The van der Waals surface area contributed by atoms with Crippen molar-refractivity contribution in [3.05, 3.63) is 0 Å². The Morgan fingerprint density at radius 1 is 1.11 bits per heavy atom. The third kappa shape index (κ3) is 3.90. The number of hydrogen-bond acceptors (Lipinski definition) is 5. The molecule has 2 rings (SSSR count). The van der Waals surface area contributed by atoms with Gasteiger partial charge in [0.1, 0.15) is 9.84 Å². The molecule has 6 heteroatoms. The van der Waals surface area contributed by atoms with E-state index in [0.717, 1.165) is 0 Å². The Labute approximate surface area is 115 Å². The normalized spacial score (nSPS) is 25.8. The van der Waals surface area contributed by atoms with Gasteiger partial charge < -0.3 is 14.6 Å². The van der Waals surface area contributed by atoms with Crippen molar-refractivity contribution in [2.45, 2.75) is 56.8 Å². The van der Waals surface area contributed by atoms with Gasteiger partial charge in [-0.2, -0.15) is 0 Å². The summed E-state index contributed by atoms with van der Waals surface area (Å²) < 4.78 is 34.1. The first-order valence-corrected chi connectivity index (χ1v) is 8.92. The number of hydrogen-bond donors (Lipinski definition) is 1. The Balaban J connectivity index is 1.78. The van der Waals surface area contributed by atoms with E-state index in [1.54, 1.807) is 6.92 Å². The van der Waals surface area contributed by atoms with Gasteiger partial charge in [-0.05, 0) is 25.7 Å². The molecule has 1 aliphatic heterocycles. The molecule has 112 valence electrons. The minimum absolute atomic E-state index is 0.171. The molecule has 0 atom stereocenters. The molecule has 0 radical (unpaired) electrons. The summed E-state index contributed by atoms with van der Waals surface area (Å²) in [6, 6.07) is 0. The van der Waals surface area contributed by atoms with Crippen LogP contribution in [0.1, 0.15) is 45.4 Å². The van der Waals surface area contributed by atoms with E-state index in [0.29, 0.717) is 51.7 Å². The highest BCUT2D eigenvalue weighted by Crippen LogP contribution is 2.41. The van der Waals surface area contributed by atoms with Gasteiger partial charge in [-0.15, -0.1) is 0 Å². The lowest BCUT2D eigenvalue weighted by Gasteiger charge is -2.40. The van der Waals surface area contributed by atoms with Crippen molar-refractivity contribution in [3.8, 4) is 0 Å². The highest BCUT2D eigenvalue weighted by molar-refractivity contribution is 7.91. The third-order valence-electron chi connectivity index (χ3n) is 4.29. The summed E-state index contributed by atoms with van der Waals surface area (Å²) in [7, 11) is -2.93. The minimum atomic E-state index is -2.93. The third-order valence-corrected chi connectivity index (χ3v) is 6.08. The predicted octanol–water partition coefficient (Wildman–Crippen LogP) is 1.25. The van der Waals surface area contributed by atoms with Crippen LogP contribution in [0.5, 0.6) is 0 Å². The molecule has 5 nitrogen and oxygen atoms in total. The van der Waals surface area contributed by atoms with Crippen molar-refractivity contribution in [1.82, 2.24) is 0 Å². The standard InChI is InChI=1S/C13H24O5S/c1-2-19(15,16)11-3-4-12(14)5-7-13(8-6-12)17-9-10-18-13/h14H,2-11H2,1H3. The van der Waals surface area contributed by atoms with Gasteiger partial charge >= 0.3 is 0 Å². The fourth-order valence-electron chi connectivity index (χ4n) is 2.90. The van der Waals surface area contributed by atoms with Gasteiger partial charge in [0.05, 0.1) is 24.6 Å². The van der Waals surface area contributed by atoms with E-state index in [1.165, 1.54) is 0 Å². The van der Waals surface area contributed by atoms with E-state index < -0.39 is 21.2 Å². The van der Waals surface area contributed by atoms with Gasteiger partial charge in [0.2, 0.25) is 0 Å². The zero-order valence-electron chi connectivity index (χ0n) is 11.6. The van der Waals surface area contributed by atoms with Crippen molar-refractivity contribution >= 4 is 9.84 Å². The summed E-state index contributed by atoms with van der Waals surface area (Å²) in [5.41, 5.74) is -0.746. The Morgan fingerprint density at radius 3 is 2.21 bits per heavy atom. The first kappa shape index (κ1) is 15.2. The molecule has 1 heterocycles. The summed E-state index contributed by atoms with van der Waals surface area (Å²) >= 11 is 0. The molecule has 0 amide bonds. The lowest BCUT2D eigenvalue weighted by Crippen LogP contribution is -2.43. The molecule has 19 heavy (non-hydrogen) atoms. The van der Waals surface area contributed by atoms with Crippen molar-refractivity contribution in [2.24, 2.45) is 0 Å². The van der Waals surface area contributed by atoms with Gasteiger partial charge in [-0.3, -0.25) is 0 Å². The van der Waals surface area contributed by atoms with Crippen molar-refractivity contribution in [1.29, 1.82) is 0 Å². The maximum atomic E-state index is 11.4. The van der Waals surface area contributed by atoms with Crippen LogP contribution in [0, 0.1) is 0 Å². The first-order valence-electron chi connectivity index (χ1n) is 7.09. The van der Waals surface area contributed by atoms with Crippen LogP contribution in [0.3, 0.4) is 0 Å². The summed E-state index contributed by atoms with van der Waals surface area (Å²) in [5, 5.41) is 10.5. The molecule has 2 fully saturated rings. The van der Waals surface area contributed by atoms with E-state index in [-0.39, 0.29) is 11.5 Å². The fourth-order valence-corrected chi connectivity index (χ4v) is 3.77.